The first kappa shape index (κ1) is 13.2. The smallest absolute Gasteiger partial charge is 0.146 e. The highest BCUT2D eigenvalue weighted by Gasteiger charge is 2.09. The molecule has 2 N–H and O–H groups in total. The molecule has 3 aromatic rings. The number of H-pyrrole nitrogens is 1. The van der Waals surface area contributed by atoms with Crippen LogP contribution in [0.2, 0.25) is 0 Å². The Kier molecular flexibility index (Phi) is 3.59. The maximum atomic E-state index is 13.6. The van der Waals surface area contributed by atoms with Crippen LogP contribution in [0, 0.1) is 11.6 Å². The second-order valence-electron chi connectivity index (χ2n) is 4.49. The Bertz CT molecular complexity index is 740. The molecule has 2 heterocycles. The number of nitrogens with one attached hydrogen (secondary N) is 2. The van der Waals surface area contributed by atoms with Crippen molar-refractivity contribution < 1.29 is 8.78 Å². The number of aromatic nitrogens is 3. The molecule has 0 atom stereocenters. The fraction of sp³-hybridized carbons (Fsp3) is 0.0667. The number of halogens is 2. The first-order valence-corrected chi connectivity index (χ1v) is 6.35. The summed E-state index contributed by atoms with van der Waals surface area (Å²) in [6.07, 6.45) is 5.03. The predicted molar refractivity (Wildman–Crippen MR) is 75.5 cm³/mol. The summed E-state index contributed by atoms with van der Waals surface area (Å²) in [5.74, 6) is -0.985. The van der Waals surface area contributed by atoms with Gasteiger partial charge < -0.3 is 5.32 Å². The molecule has 0 unspecified atom stereocenters. The molecule has 0 bridgehead atoms. The van der Waals surface area contributed by atoms with Crippen LogP contribution in [0.5, 0.6) is 0 Å². The minimum atomic E-state index is -0.497. The molecule has 0 aliphatic heterocycles. The lowest BCUT2D eigenvalue weighted by Crippen LogP contribution is -2.02. The fourth-order valence-electron chi connectivity index (χ4n) is 2.03. The van der Waals surface area contributed by atoms with Crippen LogP contribution in [0.1, 0.15) is 5.56 Å². The quantitative estimate of drug-likeness (QED) is 0.773. The van der Waals surface area contributed by atoms with Gasteiger partial charge in [-0.25, -0.2) is 8.78 Å². The van der Waals surface area contributed by atoms with Crippen LogP contribution in [0.4, 0.5) is 14.5 Å². The van der Waals surface area contributed by atoms with Gasteiger partial charge in [-0.1, -0.05) is 0 Å². The third-order valence-corrected chi connectivity index (χ3v) is 3.07. The number of anilines is 1. The van der Waals surface area contributed by atoms with Gasteiger partial charge in [-0.3, -0.25) is 10.1 Å². The highest BCUT2D eigenvalue weighted by atomic mass is 19.1. The van der Waals surface area contributed by atoms with E-state index in [0.717, 1.165) is 35.0 Å². The van der Waals surface area contributed by atoms with Crippen LogP contribution in [0.3, 0.4) is 0 Å². The zero-order chi connectivity index (χ0) is 14.7. The Morgan fingerprint density at radius 3 is 2.86 bits per heavy atom. The molecule has 2 aromatic heterocycles. The predicted octanol–water partition coefficient (Wildman–Crippen LogP) is 3.36. The Morgan fingerprint density at radius 1 is 1.14 bits per heavy atom. The van der Waals surface area contributed by atoms with Gasteiger partial charge in [0, 0.05) is 30.1 Å². The molecule has 0 spiro atoms. The average molecular weight is 286 g/mol. The second-order valence-corrected chi connectivity index (χ2v) is 4.49. The Hall–Kier alpha value is -2.76. The van der Waals surface area contributed by atoms with Gasteiger partial charge >= 0.3 is 0 Å². The Labute approximate surface area is 119 Å². The molecule has 0 amide bonds. The summed E-state index contributed by atoms with van der Waals surface area (Å²) in [6.45, 7) is 0.321. The summed E-state index contributed by atoms with van der Waals surface area (Å²) in [4.78, 5) is 4.05. The molecular formula is C15H12F2N4. The lowest BCUT2D eigenvalue weighted by atomic mass is 10.1. The Morgan fingerprint density at radius 2 is 2.05 bits per heavy atom. The topological polar surface area (TPSA) is 53.6 Å². The third kappa shape index (κ3) is 2.89. The molecule has 21 heavy (non-hydrogen) atoms. The van der Waals surface area contributed by atoms with Crippen LogP contribution >= 0.6 is 0 Å². The van der Waals surface area contributed by atoms with Crippen molar-refractivity contribution in [2.24, 2.45) is 0 Å². The molecule has 0 fully saturated rings. The third-order valence-electron chi connectivity index (χ3n) is 3.07. The number of rotatable bonds is 4. The lowest BCUT2D eigenvalue weighted by molar-refractivity contribution is 0.602. The van der Waals surface area contributed by atoms with Crippen LogP contribution in [-0.4, -0.2) is 15.2 Å². The van der Waals surface area contributed by atoms with E-state index in [0.29, 0.717) is 6.54 Å². The molecule has 0 saturated carbocycles. The first-order valence-electron chi connectivity index (χ1n) is 6.35. The summed E-state index contributed by atoms with van der Waals surface area (Å²) >= 11 is 0. The van der Waals surface area contributed by atoms with Crippen LogP contribution in [-0.2, 0) is 6.54 Å². The normalized spacial score (nSPS) is 10.6. The van der Waals surface area contributed by atoms with Gasteiger partial charge in [0.25, 0.3) is 0 Å². The molecular weight excluding hydrogens is 274 g/mol. The Balaban J connectivity index is 1.81. The lowest BCUT2D eigenvalue weighted by Gasteiger charge is -2.08. The van der Waals surface area contributed by atoms with Crippen molar-refractivity contribution in [2.45, 2.75) is 6.54 Å². The molecule has 3 rings (SSSR count). The van der Waals surface area contributed by atoms with Gasteiger partial charge in [-0.2, -0.15) is 5.10 Å². The highest BCUT2D eigenvalue weighted by molar-refractivity contribution is 5.62. The SMILES string of the molecule is Fc1ccc(F)c(NCc2cn[nH]c2-c2cccnc2)c1. The molecule has 0 radical (unpaired) electrons. The van der Waals surface area contributed by atoms with E-state index in [1.165, 1.54) is 0 Å². The van der Waals surface area contributed by atoms with Gasteiger partial charge in [0.15, 0.2) is 0 Å². The van der Waals surface area contributed by atoms with Crippen molar-refractivity contribution in [3.05, 3.63) is 66.1 Å². The molecule has 1 aromatic carbocycles. The number of benzene rings is 1. The molecule has 0 saturated heterocycles. The van der Waals surface area contributed by atoms with E-state index in [1.807, 2.05) is 12.1 Å². The summed E-state index contributed by atoms with van der Waals surface area (Å²) in [7, 11) is 0. The minimum absolute atomic E-state index is 0.119. The molecule has 6 heteroatoms. The van der Waals surface area contributed by atoms with E-state index in [1.54, 1.807) is 18.6 Å². The largest absolute Gasteiger partial charge is 0.378 e. The van der Waals surface area contributed by atoms with Gasteiger partial charge in [0.1, 0.15) is 11.6 Å². The monoisotopic (exact) mass is 286 g/mol. The maximum absolute atomic E-state index is 13.6. The van der Waals surface area contributed by atoms with Crippen molar-refractivity contribution in [3.63, 3.8) is 0 Å². The van der Waals surface area contributed by atoms with E-state index in [-0.39, 0.29) is 5.69 Å². The van der Waals surface area contributed by atoms with Crippen molar-refractivity contribution in [1.82, 2.24) is 15.2 Å². The maximum Gasteiger partial charge on any atom is 0.146 e. The first-order chi connectivity index (χ1) is 10.2. The minimum Gasteiger partial charge on any atom is -0.378 e. The van der Waals surface area contributed by atoms with Crippen molar-refractivity contribution >= 4 is 5.69 Å². The fourth-order valence-corrected chi connectivity index (χ4v) is 2.03. The standard InChI is InChI=1S/C15H12F2N4/c16-12-3-4-13(17)14(6-12)19-8-11-9-20-21-15(11)10-2-1-5-18-7-10/h1-7,9,19H,8H2,(H,20,21). The molecule has 106 valence electrons. The molecule has 4 nitrogen and oxygen atoms in total. The van der Waals surface area contributed by atoms with Crippen LogP contribution < -0.4 is 5.32 Å². The van der Waals surface area contributed by atoms with Crippen molar-refractivity contribution in [3.8, 4) is 11.3 Å². The zero-order valence-corrected chi connectivity index (χ0v) is 11.0. The van der Waals surface area contributed by atoms with E-state index >= 15 is 0 Å². The van der Waals surface area contributed by atoms with Gasteiger partial charge in [0.05, 0.1) is 17.6 Å². The number of nitrogens with zero attached hydrogens (tertiary/aromatic N) is 2. The van der Waals surface area contributed by atoms with E-state index in [9.17, 15) is 8.78 Å². The summed E-state index contributed by atoms with van der Waals surface area (Å²) < 4.78 is 26.7. The summed E-state index contributed by atoms with van der Waals surface area (Å²) in [5, 5.41) is 9.75. The van der Waals surface area contributed by atoms with Gasteiger partial charge in [-0.05, 0) is 30.3 Å². The highest BCUT2D eigenvalue weighted by Crippen LogP contribution is 2.22. The number of pyridine rings is 1. The van der Waals surface area contributed by atoms with Crippen LogP contribution in [0.25, 0.3) is 11.3 Å². The number of aromatic amines is 1. The number of hydrogen-bond donors (Lipinski definition) is 2. The van der Waals surface area contributed by atoms with Gasteiger partial charge in [-0.15, -0.1) is 0 Å². The van der Waals surface area contributed by atoms with Gasteiger partial charge in [0.2, 0.25) is 0 Å². The van der Waals surface area contributed by atoms with Crippen molar-refractivity contribution in [2.75, 3.05) is 5.32 Å². The van der Waals surface area contributed by atoms with E-state index < -0.39 is 11.6 Å². The second kappa shape index (κ2) is 5.70. The zero-order valence-electron chi connectivity index (χ0n) is 11.0. The van der Waals surface area contributed by atoms with Crippen LogP contribution in [0.15, 0.2) is 48.9 Å². The van der Waals surface area contributed by atoms with E-state index in [2.05, 4.69) is 20.5 Å². The van der Waals surface area contributed by atoms with E-state index in [4.69, 9.17) is 0 Å². The average Bonchev–Trinajstić information content (AvgIpc) is 2.97. The molecule has 0 aliphatic rings. The van der Waals surface area contributed by atoms with Crippen molar-refractivity contribution in [1.29, 1.82) is 0 Å². The summed E-state index contributed by atoms with van der Waals surface area (Å²) in [5.41, 5.74) is 2.64. The molecule has 0 aliphatic carbocycles. The summed E-state index contributed by atoms with van der Waals surface area (Å²) in [6, 6.07) is 7.01. The number of hydrogen-bond acceptors (Lipinski definition) is 3.